The summed E-state index contributed by atoms with van der Waals surface area (Å²) in [6.45, 7) is 10.3. The Labute approximate surface area is 567 Å². The number of fused-ring (bicyclic) bond motifs is 3. The van der Waals surface area contributed by atoms with Crippen LogP contribution in [-0.4, -0.2) is 166 Å². The van der Waals surface area contributed by atoms with Gasteiger partial charge in [-0.25, -0.2) is 9.59 Å². The Kier molecular flexibility index (Phi) is 29.4. The van der Waals surface area contributed by atoms with Crippen LogP contribution in [-0.2, 0) is 30.5 Å². The Morgan fingerprint density at radius 2 is 0.957 bits per heavy atom. The Hall–Kier alpha value is -4.76. The van der Waals surface area contributed by atoms with Crippen LogP contribution in [0.1, 0.15) is 142 Å². The van der Waals surface area contributed by atoms with Crippen LogP contribution in [0.3, 0.4) is 0 Å². The molecule has 4 aromatic carbocycles. The molecule has 4 aliphatic heterocycles. The standard InChI is InChI=1S/C30H40N2O4S.C23H32N2O3S.C22H34N2O2S/c1-2-28(33)27-17-23-13-9-10-14-24(23)18-32(27)19-29(34)26(21-37-25-15-7-4-8-16-25)31-30(35)36-20-22-11-5-3-6-12-22;1-2-21(26)20-12-16-8-6-7-9-17(16)13-25(20)14-22-19(24-23(27)28-22)15-29-18-10-4-3-5-11-18;1-2-21(25)20-12-16-8-6-7-9-17(16)13-24(20)14-22(26)19(23)15-27-18-10-4-3-5-11-18/h3-8,11-12,15-16,23-24,26-27,29,34H,2,9-10,13-14,17-21H2,1H3,(H,31,35);3-5,10-11,16-17,19-20,22H,2,6-9,12-15H2,1H3,(H,24,27);3-5,10-11,16-17,19-20,22,26H,2,6-9,12-15,23H2,1H3/t23-,24+,26-,27-,29+;2*16-,17+,19-,20-,22+/m000/s1. The average Bonchev–Trinajstić information content (AvgIpc) is 1.50. The predicted molar refractivity (Wildman–Crippen MR) is 374 cm³/mol. The first-order chi connectivity index (χ1) is 45.2. The lowest BCUT2D eigenvalue weighted by Crippen LogP contribution is -2.57. The number of ketones is 3. The number of benzene rings is 4. The first-order valence-electron chi connectivity index (χ1n) is 35.1. The van der Waals surface area contributed by atoms with Crippen LogP contribution >= 0.6 is 35.3 Å². The summed E-state index contributed by atoms with van der Waals surface area (Å²) < 4.78 is 11.1. The number of thioether (sulfide) groups is 3. The van der Waals surface area contributed by atoms with Crippen molar-refractivity contribution >= 4 is 64.8 Å². The molecule has 0 radical (unpaired) electrons. The van der Waals surface area contributed by atoms with Crippen molar-refractivity contribution < 1.29 is 43.7 Å². The smallest absolute Gasteiger partial charge is 0.407 e. The van der Waals surface area contributed by atoms with Crippen LogP contribution in [0.5, 0.6) is 0 Å². The minimum Gasteiger partial charge on any atom is -0.445 e. The highest BCUT2D eigenvalue weighted by atomic mass is 32.2. The van der Waals surface area contributed by atoms with Gasteiger partial charge in [-0.05, 0) is 116 Å². The van der Waals surface area contributed by atoms with Crippen LogP contribution in [0.25, 0.3) is 0 Å². The molecule has 508 valence electrons. The fraction of sp³-hybridized carbons (Fsp3) is 0.613. The number of hydrogen-bond donors (Lipinski definition) is 5. The number of aliphatic hydroxyl groups excluding tert-OH is 2. The van der Waals surface area contributed by atoms with Crippen LogP contribution < -0.4 is 16.4 Å². The van der Waals surface area contributed by atoms with E-state index >= 15 is 0 Å². The van der Waals surface area contributed by atoms with Gasteiger partial charge in [-0.3, -0.25) is 29.1 Å². The number of aliphatic hydroxyl groups is 2. The van der Waals surface area contributed by atoms with Crippen molar-refractivity contribution in [2.24, 2.45) is 41.2 Å². The number of ether oxygens (including phenoxy) is 2. The molecule has 7 aliphatic rings. The fourth-order valence-electron chi connectivity index (χ4n) is 15.6. The summed E-state index contributed by atoms with van der Waals surface area (Å²) in [5.74, 6) is 6.79. The van der Waals surface area contributed by atoms with Crippen LogP contribution in [0.4, 0.5) is 9.59 Å². The van der Waals surface area contributed by atoms with E-state index in [-0.39, 0.29) is 54.8 Å². The van der Waals surface area contributed by atoms with E-state index in [1.165, 1.54) is 86.8 Å². The van der Waals surface area contributed by atoms with E-state index < -0.39 is 24.3 Å². The van der Waals surface area contributed by atoms with E-state index in [1.54, 1.807) is 35.3 Å². The number of hydrogen-bond acceptors (Lipinski definition) is 16. The Morgan fingerprint density at radius 3 is 1.42 bits per heavy atom. The number of β-amino-alcohol motifs (C(OH)–C–C–N with tert-alkyl or cyclic N) is 2. The van der Waals surface area contributed by atoms with E-state index in [0.717, 1.165) is 55.1 Å². The second-order valence-corrected chi connectivity index (χ2v) is 30.4. The van der Waals surface area contributed by atoms with Crippen molar-refractivity contribution in [3.63, 3.8) is 0 Å². The molecule has 15 atom stereocenters. The van der Waals surface area contributed by atoms with E-state index in [2.05, 4.69) is 49.6 Å². The molecule has 0 bridgehead atoms. The summed E-state index contributed by atoms with van der Waals surface area (Å²) in [6.07, 6.45) is 17.2. The second-order valence-electron chi connectivity index (χ2n) is 27.2. The summed E-state index contributed by atoms with van der Waals surface area (Å²) in [7, 11) is 0. The highest BCUT2D eigenvalue weighted by molar-refractivity contribution is 7.99. The van der Waals surface area contributed by atoms with Gasteiger partial charge in [-0.1, -0.05) is 163 Å². The fourth-order valence-corrected chi connectivity index (χ4v) is 18.6. The maximum absolute atomic E-state index is 12.9. The van der Waals surface area contributed by atoms with E-state index in [4.69, 9.17) is 15.2 Å². The van der Waals surface area contributed by atoms with Gasteiger partial charge in [0.25, 0.3) is 0 Å². The maximum atomic E-state index is 12.9. The van der Waals surface area contributed by atoms with Crippen molar-refractivity contribution in [3.05, 3.63) is 127 Å². The number of carbonyl (C=O) groups is 5. The molecule has 2 amide bonds. The molecule has 0 aromatic heterocycles. The van der Waals surface area contributed by atoms with E-state index in [1.807, 2.05) is 118 Å². The molecule has 4 saturated heterocycles. The normalized spacial score (nSPS) is 27.6. The molecule has 93 heavy (non-hydrogen) atoms. The predicted octanol–water partition coefficient (Wildman–Crippen LogP) is 12.7. The molecular weight excluding hydrogens is 1230 g/mol. The molecule has 0 spiro atoms. The number of amides is 2. The number of carbonyl (C=O) groups excluding carboxylic acids is 5. The monoisotopic (exact) mass is 1330 g/mol. The van der Waals surface area contributed by atoms with Gasteiger partial charge in [0.2, 0.25) is 0 Å². The highest BCUT2D eigenvalue weighted by Gasteiger charge is 2.45. The third-order valence-electron chi connectivity index (χ3n) is 20.9. The molecule has 0 unspecified atom stereocenters. The second kappa shape index (κ2) is 37.7. The number of nitrogens with one attached hydrogen (secondary N) is 2. The van der Waals surface area contributed by atoms with Crippen LogP contribution in [0.15, 0.2) is 136 Å². The summed E-state index contributed by atoms with van der Waals surface area (Å²) in [6, 6.07) is 38.9. The maximum Gasteiger partial charge on any atom is 0.407 e. The van der Waals surface area contributed by atoms with Crippen molar-refractivity contribution in [2.45, 2.75) is 212 Å². The van der Waals surface area contributed by atoms with Gasteiger partial charge >= 0.3 is 12.2 Å². The van der Waals surface area contributed by atoms with Crippen molar-refractivity contribution in [1.29, 1.82) is 0 Å². The summed E-state index contributed by atoms with van der Waals surface area (Å²) >= 11 is 5.00. The van der Waals surface area contributed by atoms with E-state index in [9.17, 15) is 34.2 Å². The number of nitrogens with zero attached hydrogens (tertiary/aromatic N) is 3. The lowest BCUT2D eigenvalue weighted by molar-refractivity contribution is -0.129. The van der Waals surface area contributed by atoms with Crippen molar-refractivity contribution in [3.8, 4) is 0 Å². The molecule has 11 rings (SSSR count). The number of Topliss-reactive ketones (excluding diaryl/α,β-unsaturated/α-hetero) is 3. The first-order valence-corrected chi connectivity index (χ1v) is 38.1. The Bertz CT molecular complexity index is 2910. The summed E-state index contributed by atoms with van der Waals surface area (Å²) in [4.78, 5) is 73.1. The lowest BCUT2D eigenvalue weighted by Gasteiger charge is -2.46. The third kappa shape index (κ3) is 21.9. The average molecular weight is 1330 g/mol. The number of likely N-dealkylation sites (tertiary alicyclic amines) is 3. The van der Waals surface area contributed by atoms with Gasteiger partial charge in [0, 0.05) is 96.5 Å². The number of cyclic esters (lactones) is 1. The minimum atomic E-state index is -0.826. The molecule has 3 aliphatic carbocycles. The quantitative estimate of drug-likeness (QED) is 0.0371. The number of piperidine rings is 3. The van der Waals surface area contributed by atoms with Gasteiger partial charge in [-0.15, -0.1) is 35.3 Å². The van der Waals surface area contributed by atoms with Crippen LogP contribution in [0, 0.1) is 35.5 Å². The topological polar surface area (TPSA) is 204 Å². The third-order valence-corrected chi connectivity index (χ3v) is 24.4. The van der Waals surface area contributed by atoms with Crippen molar-refractivity contribution in [2.75, 3.05) is 56.5 Å². The number of alkyl carbamates (subject to hydrolysis) is 2. The van der Waals surface area contributed by atoms with Gasteiger partial charge < -0.3 is 36.1 Å². The SMILES string of the molecule is CCC(=O)[C@@H]1C[C@@H]2CCCC[C@@H]2CN1C[C@@H](O)[C@@H](N)CSc1ccccc1.CCC(=O)[C@@H]1C[C@@H]2CCCC[C@@H]2CN1C[C@@H](O)[C@H](CSc1ccccc1)NC(=O)OCc1ccccc1.CCC(=O)[C@@H]1C[C@@H]2CCCC[C@@H]2CN1C[C@H]1OC(=O)N[C@H]1CSc1ccccc1. The zero-order valence-corrected chi connectivity index (χ0v) is 57.9. The van der Waals surface area contributed by atoms with Gasteiger partial charge in [0.15, 0.2) is 0 Å². The largest absolute Gasteiger partial charge is 0.445 e. The Morgan fingerprint density at radius 1 is 0.559 bits per heavy atom. The van der Waals surface area contributed by atoms with E-state index in [0.29, 0.717) is 97.5 Å². The molecular formula is C75H106N6O9S3. The molecule has 7 fully saturated rings. The molecule has 18 heteroatoms. The molecule has 4 heterocycles. The number of rotatable bonds is 26. The van der Waals surface area contributed by atoms with Gasteiger partial charge in [0.1, 0.15) is 30.1 Å². The molecule has 4 aromatic rings. The summed E-state index contributed by atoms with van der Waals surface area (Å²) in [5, 5.41) is 28.0. The summed E-state index contributed by atoms with van der Waals surface area (Å²) in [5.41, 5.74) is 7.19. The molecule has 3 saturated carbocycles. The van der Waals surface area contributed by atoms with Crippen LogP contribution in [0.2, 0.25) is 0 Å². The lowest BCUT2D eigenvalue weighted by atomic mass is 9.72. The molecule has 15 nitrogen and oxygen atoms in total. The Balaban J connectivity index is 0.000000167. The minimum absolute atomic E-state index is 0.0129. The first kappa shape index (κ1) is 72.5. The van der Waals surface area contributed by atoms with Gasteiger partial charge in [-0.2, -0.15) is 0 Å². The molecule has 6 N–H and O–H groups in total. The zero-order valence-electron chi connectivity index (χ0n) is 55.4. The van der Waals surface area contributed by atoms with Gasteiger partial charge in [0.05, 0.1) is 42.4 Å². The zero-order chi connectivity index (χ0) is 65.5. The highest BCUT2D eigenvalue weighted by Crippen LogP contribution is 2.42. The number of nitrogens with two attached hydrogens (primary N) is 1. The van der Waals surface area contributed by atoms with Crippen molar-refractivity contribution in [1.82, 2.24) is 25.3 Å².